The van der Waals surface area contributed by atoms with Gasteiger partial charge in [0.2, 0.25) is 0 Å². The lowest BCUT2D eigenvalue weighted by atomic mass is 10.3. The lowest BCUT2D eigenvalue weighted by molar-refractivity contribution is 0.0140. The molecule has 0 radical (unpaired) electrons. The molecule has 1 heterocycles. The van der Waals surface area contributed by atoms with Crippen LogP contribution in [0.3, 0.4) is 0 Å². The minimum Gasteiger partial charge on any atom is -0.288 e. The first-order chi connectivity index (χ1) is 4.64. The summed E-state index contributed by atoms with van der Waals surface area (Å²) in [7, 11) is 0. The van der Waals surface area contributed by atoms with E-state index in [4.69, 9.17) is 0 Å². The summed E-state index contributed by atoms with van der Waals surface area (Å²) >= 11 is 1.59. The minimum atomic E-state index is -2.42. The van der Waals surface area contributed by atoms with Crippen LogP contribution < -0.4 is 0 Å². The molecule has 0 aromatic heterocycles. The summed E-state index contributed by atoms with van der Waals surface area (Å²) in [5.41, 5.74) is 0. The van der Waals surface area contributed by atoms with Crippen LogP contribution in [-0.2, 0) is 0 Å². The van der Waals surface area contributed by atoms with Gasteiger partial charge in [0.1, 0.15) is 0 Å². The van der Waals surface area contributed by atoms with Crippen LogP contribution in [0.2, 0.25) is 0 Å². The highest BCUT2D eigenvalue weighted by Crippen LogP contribution is 2.27. The highest BCUT2D eigenvalue weighted by molar-refractivity contribution is 7.98. The molecule has 1 aliphatic rings. The van der Waals surface area contributed by atoms with E-state index in [0.29, 0.717) is 6.54 Å². The Morgan fingerprint density at radius 2 is 2.30 bits per heavy atom. The van der Waals surface area contributed by atoms with Crippen molar-refractivity contribution in [1.82, 2.24) is 4.90 Å². The molecule has 0 bridgehead atoms. The van der Waals surface area contributed by atoms with Gasteiger partial charge in [-0.05, 0) is 6.26 Å². The van der Waals surface area contributed by atoms with Crippen molar-refractivity contribution in [3.8, 4) is 0 Å². The van der Waals surface area contributed by atoms with Crippen molar-refractivity contribution in [2.24, 2.45) is 0 Å². The summed E-state index contributed by atoms with van der Waals surface area (Å²) in [6, 6.07) is 0. The topological polar surface area (TPSA) is 3.24 Å². The monoisotopic (exact) mass is 167 g/mol. The number of nitrogens with zero attached hydrogens (tertiary/aromatic N) is 1. The van der Waals surface area contributed by atoms with Crippen LogP contribution in [0.15, 0.2) is 0 Å². The largest absolute Gasteiger partial charge is 0.288 e. The maximum absolute atomic E-state index is 12.5. The van der Waals surface area contributed by atoms with E-state index in [2.05, 4.69) is 0 Å². The molecule has 0 aliphatic carbocycles. The van der Waals surface area contributed by atoms with E-state index in [1.165, 1.54) is 0 Å². The molecule has 0 aromatic rings. The minimum absolute atomic E-state index is 0.0353. The van der Waals surface area contributed by atoms with E-state index in [1.807, 2.05) is 6.26 Å². The zero-order valence-electron chi connectivity index (χ0n) is 5.94. The number of rotatable bonds is 2. The second-order valence-corrected chi connectivity index (χ2v) is 3.41. The second-order valence-electron chi connectivity index (χ2n) is 2.58. The molecule has 0 atom stereocenters. The molecular weight excluding hydrogens is 156 g/mol. The number of alkyl halides is 2. The molecule has 60 valence electrons. The normalized spacial score (nSPS) is 25.5. The fourth-order valence-corrected chi connectivity index (χ4v) is 1.69. The highest BCUT2D eigenvalue weighted by atomic mass is 32.2. The van der Waals surface area contributed by atoms with E-state index in [-0.39, 0.29) is 13.0 Å². The molecular formula is C6H11F2NS. The molecule has 1 saturated heterocycles. The van der Waals surface area contributed by atoms with Crippen molar-refractivity contribution in [1.29, 1.82) is 0 Å². The Morgan fingerprint density at radius 1 is 1.60 bits per heavy atom. The first-order valence-corrected chi connectivity index (χ1v) is 4.62. The van der Waals surface area contributed by atoms with Crippen LogP contribution in [0.4, 0.5) is 8.78 Å². The summed E-state index contributed by atoms with van der Waals surface area (Å²) in [5, 5.41) is 0. The van der Waals surface area contributed by atoms with Crippen molar-refractivity contribution in [2.45, 2.75) is 12.3 Å². The quantitative estimate of drug-likeness (QED) is 0.615. The molecule has 1 aliphatic heterocycles. The van der Waals surface area contributed by atoms with Gasteiger partial charge in [0.15, 0.2) is 0 Å². The van der Waals surface area contributed by atoms with Crippen molar-refractivity contribution >= 4 is 11.8 Å². The Labute approximate surface area is 63.8 Å². The van der Waals surface area contributed by atoms with Gasteiger partial charge in [-0.3, -0.25) is 4.90 Å². The first kappa shape index (κ1) is 8.27. The van der Waals surface area contributed by atoms with Crippen molar-refractivity contribution in [3.05, 3.63) is 0 Å². The van der Waals surface area contributed by atoms with E-state index in [0.717, 1.165) is 5.88 Å². The van der Waals surface area contributed by atoms with E-state index in [1.54, 1.807) is 16.7 Å². The average Bonchev–Trinajstić information content (AvgIpc) is 2.12. The van der Waals surface area contributed by atoms with Gasteiger partial charge >= 0.3 is 0 Å². The van der Waals surface area contributed by atoms with Gasteiger partial charge in [-0.15, -0.1) is 11.8 Å². The fraction of sp³-hybridized carbons (Fsp3) is 1.00. The molecule has 0 unspecified atom stereocenters. The second kappa shape index (κ2) is 3.05. The molecule has 1 fully saturated rings. The predicted octanol–water partition coefficient (Wildman–Crippen LogP) is 1.65. The Morgan fingerprint density at radius 3 is 2.70 bits per heavy atom. The molecule has 1 rings (SSSR count). The van der Waals surface area contributed by atoms with Crippen molar-refractivity contribution in [3.63, 3.8) is 0 Å². The predicted molar refractivity (Wildman–Crippen MR) is 39.5 cm³/mol. The van der Waals surface area contributed by atoms with Gasteiger partial charge < -0.3 is 0 Å². The van der Waals surface area contributed by atoms with Crippen molar-refractivity contribution in [2.75, 3.05) is 25.2 Å². The van der Waals surface area contributed by atoms with Gasteiger partial charge in [-0.1, -0.05) is 0 Å². The summed E-state index contributed by atoms with van der Waals surface area (Å²) in [6.07, 6.45) is 1.96. The Hall–Kier alpha value is 0.170. The third kappa shape index (κ3) is 2.09. The summed E-state index contributed by atoms with van der Waals surface area (Å²) in [5.74, 6) is -1.69. The van der Waals surface area contributed by atoms with Gasteiger partial charge in [-0.2, -0.15) is 0 Å². The fourth-order valence-electron chi connectivity index (χ4n) is 1.10. The Bertz CT molecular complexity index is 118. The van der Waals surface area contributed by atoms with E-state index in [9.17, 15) is 8.78 Å². The van der Waals surface area contributed by atoms with Crippen LogP contribution in [0, 0.1) is 0 Å². The molecule has 0 spiro atoms. The zero-order chi connectivity index (χ0) is 7.61. The van der Waals surface area contributed by atoms with Crippen LogP contribution >= 0.6 is 11.8 Å². The first-order valence-electron chi connectivity index (χ1n) is 3.23. The third-order valence-corrected chi connectivity index (χ3v) is 2.18. The van der Waals surface area contributed by atoms with E-state index >= 15 is 0 Å². The lowest BCUT2D eigenvalue weighted by Crippen LogP contribution is -2.24. The summed E-state index contributed by atoms with van der Waals surface area (Å²) in [6.45, 7) is 0.502. The van der Waals surface area contributed by atoms with E-state index < -0.39 is 5.92 Å². The number of halogens is 2. The number of hydrogen-bond acceptors (Lipinski definition) is 2. The maximum atomic E-state index is 12.5. The molecule has 0 N–H and O–H groups in total. The molecule has 1 nitrogen and oxygen atoms in total. The van der Waals surface area contributed by atoms with Crippen LogP contribution in [-0.4, -0.2) is 36.0 Å². The lowest BCUT2D eigenvalue weighted by Gasteiger charge is -2.12. The Balaban J connectivity index is 2.29. The molecule has 4 heteroatoms. The number of thioether (sulfide) groups is 1. The molecule has 0 amide bonds. The molecule has 10 heavy (non-hydrogen) atoms. The molecule has 0 saturated carbocycles. The maximum Gasteiger partial charge on any atom is 0.261 e. The molecule has 0 aromatic carbocycles. The summed E-state index contributed by atoms with van der Waals surface area (Å²) < 4.78 is 24.9. The van der Waals surface area contributed by atoms with Crippen molar-refractivity contribution < 1.29 is 8.78 Å². The highest BCUT2D eigenvalue weighted by Gasteiger charge is 2.37. The van der Waals surface area contributed by atoms with Gasteiger partial charge in [0, 0.05) is 18.8 Å². The van der Waals surface area contributed by atoms with Gasteiger partial charge in [0.25, 0.3) is 5.92 Å². The standard InChI is InChI=1S/C6H11F2NS/c1-10-5-9-3-2-6(7,8)4-9/h2-5H2,1H3. The van der Waals surface area contributed by atoms with Crippen LogP contribution in [0.5, 0.6) is 0 Å². The summed E-state index contributed by atoms with van der Waals surface area (Å²) in [4.78, 5) is 1.78. The average molecular weight is 167 g/mol. The van der Waals surface area contributed by atoms with Gasteiger partial charge in [0.05, 0.1) is 6.54 Å². The van der Waals surface area contributed by atoms with Gasteiger partial charge in [-0.25, -0.2) is 8.78 Å². The smallest absolute Gasteiger partial charge is 0.261 e. The number of hydrogen-bond donors (Lipinski definition) is 0. The number of likely N-dealkylation sites (tertiary alicyclic amines) is 1. The zero-order valence-corrected chi connectivity index (χ0v) is 6.76. The third-order valence-electron chi connectivity index (χ3n) is 1.56. The SMILES string of the molecule is CSCN1CCC(F)(F)C1. The Kier molecular flexibility index (Phi) is 2.52. The van der Waals surface area contributed by atoms with Crippen LogP contribution in [0.25, 0.3) is 0 Å². The van der Waals surface area contributed by atoms with Crippen LogP contribution in [0.1, 0.15) is 6.42 Å².